The number of hydrogen-bond donors (Lipinski definition) is 1. The molecular formula is C28H25F2N5O3. The summed E-state index contributed by atoms with van der Waals surface area (Å²) in [4.78, 5) is 30.6. The van der Waals surface area contributed by atoms with Crippen LogP contribution in [0.3, 0.4) is 0 Å². The summed E-state index contributed by atoms with van der Waals surface area (Å²) in [7, 11) is 2.02. The van der Waals surface area contributed by atoms with Crippen LogP contribution in [-0.2, 0) is 0 Å². The maximum atomic E-state index is 13.5. The van der Waals surface area contributed by atoms with Crippen LogP contribution in [0, 0.1) is 11.6 Å². The molecule has 0 aliphatic carbocycles. The highest BCUT2D eigenvalue weighted by molar-refractivity contribution is 5.95. The van der Waals surface area contributed by atoms with Crippen LogP contribution in [0.4, 0.5) is 20.2 Å². The van der Waals surface area contributed by atoms with Crippen molar-refractivity contribution in [1.29, 1.82) is 0 Å². The minimum absolute atomic E-state index is 0.0397. The number of likely N-dealkylation sites (N-methyl/N-ethyl adjacent to an activating group) is 1. The van der Waals surface area contributed by atoms with Gasteiger partial charge in [-0.15, -0.1) is 0 Å². The zero-order chi connectivity index (χ0) is 26.6. The van der Waals surface area contributed by atoms with Crippen molar-refractivity contribution in [2.24, 2.45) is 0 Å². The first-order valence-corrected chi connectivity index (χ1v) is 12.0. The molecule has 0 unspecified atom stereocenters. The minimum atomic E-state index is -0.563. The Morgan fingerprint density at radius 2 is 1.58 bits per heavy atom. The first-order chi connectivity index (χ1) is 18.4. The molecular weight excluding hydrogens is 492 g/mol. The van der Waals surface area contributed by atoms with E-state index in [4.69, 9.17) is 4.74 Å². The van der Waals surface area contributed by atoms with Crippen LogP contribution in [0.15, 0.2) is 83.8 Å². The Balaban J connectivity index is 1.50. The van der Waals surface area contributed by atoms with Crippen LogP contribution >= 0.6 is 0 Å². The van der Waals surface area contributed by atoms with Crippen molar-refractivity contribution in [3.63, 3.8) is 0 Å². The Morgan fingerprint density at radius 3 is 2.26 bits per heavy atom. The number of ether oxygens (including phenoxy) is 1. The van der Waals surface area contributed by atoms with Gasteiger partial charge in [-0.1, -0.05) is 6.07 Å². The van der Waals surface area contributed by atoms with E-state index in [-0.39, 0.29) is 17.3 Å². The van der Waals surface area contributed by atoms with Gasteiger partial charge in [-0.25, -0.2) is 8.78 Å². The Kier molecular flexibility index (Phi) is 7.14. The second kappa shape index (κ2) is 10.8. The van der Waals surface area contributed by atoms with E-state index in [9.17, 15) is 18.4 Å². The molecule has 0 bridgehead atoms. The molecule has 1 N–H and O–H groups in total. The van der Waals surface area contributed by atoms with Crippen molar-refractivity contribution in [2.75, 3.05) is 38.5 Å². The predicted octanol–water partition coefficient (Wildman–Crippen LogP) is 4.43. The number of nitrogens with zero attached hydrogens (tertiary/aromatic N) is 4. The predicted molar refractivity (Wildman–Crippen MR) is 139 cm³/mol. The van der Waals surface area contributed by atoms with Crippen LogP contribution in [0.5, 0.6) is 11.5 Å². The van der Waals surface area contributed by atoms with Crippen LogP contribution in [-0.4, -0.2) is 58.7 Å². The Bertz CT molecular complexity index is 1500. The number of aromatic nitrogens is 2. The van der Waals surface area contributed by atoms with E-state index in [1.54, 1.807) is 29.2 Å². The number of hydrogen-bond acceptors (Lipinski definition) is 6. The lowest BCUT2D eigenvalue weighted by atomic mass is 10.1. The summed E-state index contributed by atoms with van der Waals surface area (Å²) in [6.45, 7) is 2.87. The topological polar surface area (TPSA) is 79.7 Å². The smallest absolute Gasteiger partial charge is 0.299 e. The number of carbonyl (C=O) groups excluding carboxylic acids is 1. The Morgan fingerprint density at radius 1 is 0.921 bits per heavy atom. The zero-order valence-electron chi connectivity index (χ0n) is 20.6. The summed E-state index contributed by atoms with van der Waals surface area (Å²) in [5.74, 6) is -0.575. The lowest BCUT2D eigenvalue weighted by Gasteiger charge is -2.32. The number of benzene rings is 3. The molecule has 38 heavy (non-hydrogen) atoms. The van der Waals surface area contributed by atoms with Gasteiger partial charge in [0, 0.05) is 37.4 Å². The summed E-state index contributed by atoms with van der Waals surface area (Å²) >= 11 is 0. The quantitative estimate of drug-likeness (QED) is 0.408. The maximum absolute atomic E-state index is 13.5. The molecule has 0 saturated carbocycles. The minimum Gasteiger partial charge on any atom is -0.453 e. The molecule has 1 aliphatic rings. The molecule has 8 nitrogen and oxygen atoms in total. The van der Waals surface area contributed by atoms with E-state index in [0.717, 1.165) is 17.8 Å². The zero-order valence-corrected chi connectivity index (χ0v) is 20.6. The van der Waals surface area contributed by atoms with Gasteiger partial charge in [0.25, 0.3) is 11.5 Å². The van der Waals surface area contributed by atoms with Gasteiger partial charge in [-0.3, -0.25) is 9.59 Å². The second-order valence-corrected chi connectivity index (χ2v) is 8.93. The Labute approximate surface area is 217 Å². The van der Waals surface area contributed by atoms with Gasteiger partial charge in [0.1, 0.15) is 17.4 Å². The number of nitrogens with one attached hydrogen (secondary N) is 1. The van der Waals surface area contributed by atoms with Crippen molar-refractivity contribution >= 4 is 17.3 Å². The normalized spacial score (nSPS) is 13.8. The average Bonchev–Trinajstić information content (AvgIpc) is 2.93. The van der Waals surface area contributed by atoms with Crippen LogP contribution in [0.1, 0.15) is 10.4 Å². The van der Waals surface area contributed by atoms with Gasteiger partial charge < -0.3 is 19.9 Å². The molecule has 5 rings (SSSR count). The van der Waals surface area contributed by atoms with Gasteiger partial charge in [0.05, 0.1) is 11.9 Å². The fourth-order valence-corrected chi connectivity index (χ4v) is 4.09. The van der Waals surface area contributed by atoms with Gasteiger partial charge >= 0.3 is 0 Å². The first kappa shape index (κ1) is 25.1. The molecule has 10 heteroatoms. The molecule has 1 fully saturated rings. The van der Waals surface area contributed by atoms with E-state index in [1.165, 1.54) is 54.7 Å². The van der Waals surface area contributed by atoms with Crippen molar-refractivity contribution in [3.05, 3.63) is 107 Å². The van der Waals surface area contributed by atoms with E-state index in [2.05, 4.69) is 15.3 Å². The molecule has 1 aliphatic heterocycles. The summed E-state index contributed by atoms with van der Waals surface area (Å²) in [6.07, 6.45) is 1.34. The van der Waals surface area contributed by atoms with Crippen molar-refractivity contribution < 1.29 is 18.3 Å². The molecule has 1 amide bonds. The molecule has 4 aromatic rings. The summed E-state index contributed by atoms with van der Waals surface area (Å²) in [6, 6.07) is 17.5. The SMILES string of the molecule is CN1CCN(C(=O)c2cccc(Nc3c(Oc4ccc(F)cc4)cnn(-c4ccc(F)cc4)c3=O)c2)CC1. The van der Waals surface area contributed by atoms with Crippen molar-refractivity contribution in [1.82, 2.24) is 19.6 Å². The lowest BCUT2D eigenvalue weighted by molar-refractivity contribution is 0.0664. The van der Waals surface area contributed by atoms with E-state index >= 15 is 0 Å². The van der Waals surface area contributed by atoms with Gasteiger partial charge in [0.2, 0.25) is 0 Å². The van der Waals surface area contributed by atoms with Gasteiger partial charge in [-0.05, 0) is 73.8 Å². The number of carbonyl (C=O) groups is 1. The fourth-order valence-electron chi connectivity index (χ4n) is 4.09. The fraction of sp³-hybridized carbons (Fsp3) is 0.179. The van der Waals surface area contributed by atoms with Crippen LogP contribution < -0.4 is 15.6 Å². The molecule has 0 radical (unpaired) electrons. The molecule has 2 heterocycles. The summed E-state index contributed by atoms with van der Waals surface area (Å²) in [5.41, 5.74) is 0.799. The number of anilines is 2. The number of piperazine rings is 1. The van der Waals surface area contributed by atoms with E-state index < -0.39 is 17.2 Å². The highest BCUT2D eigenvalue weighted by Crippen LogP contribution is 2.29. The maximum Gasteiger partial charge on any atom is 0.299 e. The van der Waals surface area contributed by atoms with E-state index in [1.807, 2.05) is 7.05 Å². The molecule has 1 saturated heterocycles. The number of amides is 1. The number of rotatable bonds is 6. The third-order valence-electron chi connectivity index (χ3n) is 6.23. The largest absolute Gasteiger partial charge is 0.453 e. The van der Waals surface area contributed by atoms with E-state index in [0.29, 0.717) is 35.8 Å². The first-order valence-electron chi connectivity index (χ1n) is 12.0. The molecule has 194 valence electrons. The molecule has 1 aromatic heterocycles. The van der Waals surface area contributed by atoms with Crippen molar-refractivity contribution in [3.8, 4) is 17.2 Å². The van der Waals surface area contributed by atoms with Gasteiger partial charge in [0.15, 0.2) is 11.4 Å². The highest BCUT2D eigenvalue weighted by atomic mass is 19.1. The average molecular weight is 518 g/mol. The third-order valence-corrected chi connectivity index (χ3v) is 6.23. The molecule has 0 spiro atoms. The number of halogens is 2. The van der Waals surface area contributed by atoms with Gasteiger partial charge in [-0.2, -0.15) is 9.78 Å². The highest BCUT2D eigenvalue weighted by Gasteiger charge is 2.21. The third kappa shape index (κ3) is 5.55. The second-order valence-electron chi connectivity index (χ2n) is 8.93. The van der Waals surface area contributed by atoms with Crippen LogP contribution in [0.2, 0.25) is 0 Å². The van der Waals surface area contributed by atoms with Crippen molar-refractivity contribution in [2.45, 2.75) is 0 Å². The standard InChI is InChI=1S/C28H25F2N5O3/c1-33-13-15-34(16-14-33)27(36)19-3-2-4-22(17-19)32-26-25(38-24-11-7-21(30)8-12-24)18-31-35(28(26)37)23-9-5-20(29)6-10-23/h2-12,17-18,32H,13-16H2,1H3. The van der Waals surface area contributed by atoms with Crippen LogP contribution in [0.25, 0.3) is 5.69 Å². The molecule has 0 atom stereocenters. The molecule has 3 aromatic carbocycles. The summed E-state index contributed by atoms with van der Waals surface area (Å²) < 4.78 is 33.8. The lowest BCUT2D eigenvalue weighted by Crippen LogP contribution is -2.47. The summed E-state index contributed by atoms with van der Waals surface area (Å²) in [5, 5.41) is 7.26. The Hall–Kier alpha value is -4.57. The monoisotopic (exact) mass is 517 g/mol.